The summed E-state index contributed by atoms with van der Waals surface area (Å²) in [6.07, 6.45) is -0.523. The van der Waals surface area contributed by atoms with Crippen molar-refractivity contribution < 1.29 is 18.9 Å². The molecule has 0 bridgehead atoms. The molecule has 0 aliphatic carbocycles. The number of rotatable bonds is 15. The lowest BCUT2D eigenvalue weighted by atomic mass is 10.2. The molecule has 0 aliphatic heterocycles. The monoisotopic (exact) mass is 294 g/mol. The molecule has 122 valence electrons. The second kappa shape index (κ2) is 15.1. The summed E-state index contributed by atoms with van der Waals surface area (Å²) in [6, 6.07) is 0. The van der Waals surface area contributed by atoms with Gasteiger partial charge in [0.15, 0.2) is 0 Å². The standard InChI is InChI=1S/C12H30N4O4/c13-1-4-17-7-8-20-11(9-16)12(19-6-3-15)10-18-5-2-14/h11-12H,1-10,13-16H2. The molecule has 0 aromatic heterocycles. The summed E-state index contributed by atoms with van der Waals surface area (Å²) in [5.41, 5.74) is 21.9. The maximum Gasteiger partial charge on any atom is 0.108 e. The van der Waals surface area contributed by atoms with E-state index in [0.29, 0.717) is 65.8 Å². The van der Waals surface area contributed by atoms with Gasteiger partial charge in [0.25, 0.3) is 0 Å². The van der Waals surface area contributed by atoms with Crippen molar-refractivity contribution in [3.63, 3.8) is 0 Å². The van der Waals surface area contributed by atoms with Crippen LogP contribution in [0.5, 0.6) is 0 Å². The highest BCUT2D eigenvalue weighted by atomic mass is 16.6. The van der Waals surface area contributed by atoms with Crippen molar-refractivity contribution in [2.75, 3.05) is 65.8 Å². The van der Waals surface area contributed by atoms with Crippen LogP contribution < -0.4 is 22.9 Å². The molecule has 8 nitrogen and oxygen atoms in total. The van der Waals surface area contributed by atoms with Crippen LogP contribution in [0.25, 0.3) is 0 Å². The van der Waals surface area contributed by atoms with E-state index in [1.807, 2.05) is 0 Å². The molecule has 8 heteroatoms. The minimum Gasteiger partial charge on any atom is -0.378 e. The first kappa shape index (κ1) is 19.7. The van der Waals surface area contributed by atoms with Gasteiger partial charge in [-0.05, 0) is 0 Å². The van der Waals surface area contributed by atoms with E-state index in [0.717, 1.165) is 0 Å². The Labute approximate surface area is 121 Å². The second-order valence-electron chi connectivity index (χ2n) is 4.11. The zero-order chi connectivity index (χ0) is 15.1. The topological polar surface area (TPSA) is 141 Å². The van der Waals surface area contributed by atoms with Gasteiger partial charge in [0.2, 0.25) is 0 Å². The van der Waals surface area contributed by atoms with Crippen molar-refractivity contribution in [3.8, 4) is 0 Å². The first-order chi connectivity index (χ1) is 9.79. The lowest BCUT2D eigenvalue weighted by molar-refractivity contribution is -0.105. The molecule has 0 aliphatic rings. The van der Waals surface area contributed by atoms with Crippen molar-refractivity contribution in [2.24, 2.45) is 22.9 Å². The van der Waals surface area contributed by atoms with Crippen LogP contribution in [0.3, 0.4) is 0 Å². The van der Waals surface area contributed by atoms with E-state index in [1.165, 1.54) is 0 Å². The lowest BCUT2D eigenvalue weighted by Gasteiger charge is -2.26. The average Bonchev–Trinajstić information content (AvgIpc) is 2.47. The molecule has 0 aromatic carbocycles. The summed E-state index contributed by atoms with van der Waals surface area (Å²) in [5, 5.41) is 0. The molecule has 0 amide bonds. The molecule has 0 radical (unpaired) electrons. The Bertz CT molecular complexity index is 200. The maximum absolute atomic E-state index is 5.71. The third kappa shape index (κ3) is 10.5. The number of nitrogens with two attached hydrogens (primary N) is 4. The SMILES string of the molecule is NCCOCCOC(CN)C(COCCN)OCCN. The van der Waals surface area contributed by atoms with Crippen molar-refractivity contribution in [3.05, 3.63) is 0 Å². The lowest BCUT2D eigenvalue weighted by Crippen LogP contribution is -2.42. The summed E-state index contributed by atoms with van der Waals surface area (Å²) in [4.78, 5) is 0. The first-order valence-corrected chi connectivity index (χ1v) is 6.99. The van der Waals surface area contributed by atoms with E-state index in [1.54, 1.807) is 0 Å². The number of hydrogen-bond acceptors (Lipinski definition) is 8. The molecular formula is C12H30N4O4. The summed E-state index contributed by atoms with van der Waals surface area (Å²) < 4.78 is 21.9. The van der Waals surface area contributed by atoms with Crippen LogP contribution in [0.1, 0.15) is 0 Å². The minimum atomic E-state index is -0.263. The zero-order valence-corrected chi connectivity index (χ0v) is 12.2. The molecule has 0 spiro atoms. The van der Waals surface area contributed by atoms with Gasteiger partial charge >= 0.3 is 0 Å². The molecule has 0 saturated carbocycles. The zero-order valence-electron chi connectivity index (χ0n) is 12.2. The molecule has 0 rings (SSSR count). The van der Waals surface area contributed by atoms with Gasteiger partial charge in [-0.3, -0.25) is 0 Å². The summed E-state index contributed by atoms with van der Waals surface area (Å²) >= 11 is 0. The van der Waals surface area contributed by atoms with Gasteiger partial charge in [-0.15, -0.1) is 0 Å². The van der Waals surface area contributed by atoms with Gasteiger partial charge in [0, 0.05) is 26.2 Å². The minimum absolute atomic E-state index is 0.260. The molecule has 20 heavy (non-hydrogen) atoms. The van der Waals surface area contributed by atoms with Gasteiger partial charge in [0.1, 0.15) is 6.10 Å². The van der Waals surface area contributed by atoms with Gasteiger partial charge in [-0.2, -0.15) is 0 Å². The highest BCUT2D eigenvalue weighted by Gasteiger charge is 2.22. The van der Waals surface area contributed by atoms with Crippen molar-refractivity contribution in [1.29, 1.82) is 0 Å². The second-order valence-corrected chi connectivity index (χ2v) is 4.11. The maximum atomic E-state index is 5.71. The Hall–Kier alpha value is -0.320. The Morgan fingerprint density at radius 3 is 1.80 bits per heavy atom. The fourth-order valence-electron chi connectivity index (χ4n) is 1.54. The van der Waals surface area contributed by atoms with Gasteiger partial charge in [0.05, 0.1) is 45.7 Å². The summed E-state index contributed by atoms with van der Waals surface area (Å²) in [7, 11) is 0. The molecular weight excluding hydrogens is 264 g/mol. The fourth-order valence-corrected chi connectivity index (χ4v) is 1.54. The fraction of sp³-hybridized carbons (Fsp3) is 1.00. The molecule has 0 fully saturated rings. The quantitative estimate of drug-likeness (QED) is 0.245. The smallest absolute Gasteiger partial charge is 0.108 e. The normalized spacial score (nSPS) is 14.4. The molecule has 8 N–H and O–H groups in total. The molecule has 2 atom stereocenters. The Kier molecular flexibility index (Phi) is 14.8. The molecule has 0 heterocycles. The number of hydrogen-bond donors (Lipinski definition) is 4. The van der Waals surface area contributed by atoms with Crippen LogP contribution in [-0.2, 0) is 18.9 Å². The van der Waals surface area contributed by atoms with E-state index in [4.69, 9.17) is 41.9 Å². The van der Waals surface area contributed by atoms with E-state index < -0.39 is 0 Å². The Morgan fingerprint density at radius 2 is 1.20 bits per heavy atom. The summed E-state index contributed by atoms with van der Waals surface area (Å²) in [5.74, 6) is 0. The van der Waals surface area contributed by atoms with Gasteiger partial charge in [-0.1, -0.05) is 0 Å². The molecule has 0 aromatic rings. The third-order valence-electron chi connectivity index (χ3n) is 2.46. The molecule has 2 unspecified atom stereocenters. The van der Waals surface area contributed by atoms with Crippen LogP contribution >= 0.6 is 0 Å². The van der Waals surface area contributed by atoms with Crippen LogP contribution in [0.2, 0.25) is 0 Å². The van der Waals surface area contributed by atoms with E-state index in [-0.39, 0.29) is 12.2 Å². The highest BCUT2D eigenvalue weighted by molar-refractivity contribution is 4.72. The predicted octanol–water partition coefficient (Wildman–Crippen LogP) is -2.38. The molecule has 0 saturated heterocycles. The van der Waals surface area contributed by atoms with Crippen LogP contribution in [0.4, 0.5) is 0 Å². The van der Waals surface area contributed by atoms with E-state index >= 15 is 0 Å². The number of ether oxygens (including phenoxy) is 4. The van der Waals surface area contributed by atoms with Crippen LogP contribution in [-0.4, -0.2) is 78.0 Å². The first-order valence-electron chi connectivity index (χ1n) is 6.99. The van der Waals surface area contributed by atoms with Crippen LogP contribution in [0, 0.1) is 0 Å². The summed E-state index contributed by atoms with van der Waals surface area (Å²) in [6.45, 7) is 4.43. The van der Waals surface area contributed by atoms with Gasteiger partial charge in [-0.25, -0.2) is 0 Å². The van der Waals surface area contributed by atoms with Gasteiger partial charge < -0.3 is 41.9 Å². The highest BCUT2D eigenvalue weighted by Crippen LogP contribution is 2.05. The van der Waals surface area contributed by atoms with Crippen molar-refractivity contribution >= 4 is 0 Å². The Morgan fingerprint density at radius 1 is 0.600 bits per heavy atom. The van der Waals surface area contributed by atoms with Crippen molar-refractivity contribution in [1.82, 2.24) is 0 Å². The predicted molar refractivity (Wildman–Crippen MR) is 77.3 cm³/mol. The third-order valence-corrected chi connectivity index (χ3v) is 2.46. The van der Waals surface area contributed by atoms with Crippen LogP contribution in [0.15, 0.2) is 0 Å². The van der Waals surface area contributed by atoms with E-state index in [9.17, 15) is 0 Å². The van der Waals surface area contributed by atoms with E-state index in [2.05, 4.69) is 0 Å². The average molecular weight is 294 g/mol. The largest absolute Gasteiger partial charge is 0.378 e. The Balaban J connectivity index is 4.03. The van der Waals surface area contributed by atoms with Crippen molar-refractivity contribution in [2.45, 2.75) is 12.2 Å².